The summed E-state index contributed by atoms with van der Waals surface area (Å²) in [7, 11) is 0. The van der Waals surface area contributed by atoms with Crippen molar-refractivity contribution in [2.75, 3.05) is 49.6 Å². The van der Waals surface area contributed by atoms with Crippen LogP contribution in [-0.4, -0.2) is 72.8 Å². The van der Waals surface area contributed by atoms with Crippen molar-refractivity contribution in [2.45, 2.75) is 65.5 Å². The minimum Gasteiger partial charge on any atom is -0.444 e. The minimum atomic E-state index is -0.504. The van der Waals surface area contributed by atoms with Crippen LogP contribution in [0.1, 0.15) is 62.7 Å². The number of pyridine rings is 1. The molecule has 228 valence electrons. The lowest BCUT2D eigenvalue weighted by atomic mass is 9.75. The van der Waals surface area contributed by atoms with Crippen molar-refractivity contribution in [3.8, 4) is 22.4 Å². The number of hydrogen-bond acceptors (Lipinski definition) is 8. The number of ketones is 1. The normalized spacial score (nSPS) is 20.2. The van der Waals surface area contributed by atoms with Crippen LogP contribution >= 0.6 is 11.3 Å². The fourth-order valence-corrected chi connectivity index (χ4v) is 7.64. The van der Waals surface area contributed by atoms with Crippen molar-refractivity contribution in [2.24, 2.45) is 5.41 Å². The number of fused-ring (bicyclic) bond motifs is 1. The summed E-state index contributed by atoms with van der Waals surface area (Å²) >= 11 is 1.65. The average Bonchev–Trinajstić information content (AvgIpc) is 3.57. The van der Waals surface area contributed by atoms with E-state index < -0.39 is 5.60 Å². The van der Waals surface area contributed by atoms with Crippen LogP contribution in [0.5, 0.6) is 0 Å². The Bertz CT molecular complexity index is 1520. The number of carbonyl (C=O) groups excluding carboxylic acids is 2. The van der Waals surface area contributed by atoms with E-state index in [1.54, 1.807) is 16.2 Å². The molecule has 0 bridgehead atoms. The van der Waals surface area contributed by atoms with Crippen molar-refractivity contribution in [1.82, 2.24) is 9.88 Å². The molecule has 3 aliphatic rings. The summed E-state index contributed by atoms with van der Waals surface area (Å²) in [5.74, 6) is 0.252. The molecule has 2 aliphatic heterocycles. The Labute approximate surface area is 258 Å². The summed E-state index contributed by atoms with van der Waals surface area (Å²) in [4.78, 5) is 35.7. The van der Waals surface area contributed by atoms with E-state index in [1.165, 1.54) is 16.1 Å². The number of rotatable bonds is 5. The van der Waals surface area contributed by atoms with Gasteiger partial charge in [0.2, 0.25) is 0 Å². The Morgan fingerprint density at radius 2 is 1.88 bits per heavy atom. The third-order valence-corrected chi connectivity index (χ3v) is 9.59. The molecule has 0 unspecified atom stereocenters. The van der Waals surface area contributed by atoms with Crippen molar-refractivity contribution in [1.29, 1.82) is 0 Å². The van der Waals surface area contributed by atoms with E-state index in [0.29, 0.717) is 32.7 Å². The second kappa shape index (κ2) is 11.6. The summed E-state index contributed by atoms with van der Waals surface area (Å²) in [6, 6.07) is 12.7. The van der Waals surface area contributed by atoms with Gasteiger partial charge in [0.25, 0.3) is 0 Å². The van der Waals surface area contributed by atoms with Crippen LogP contribution in [0.3, 0.4) is 0 Å². The van der Waals surface area contributed by atoms with Gasteiger partial charge in [-0.3, -0.25) is 9.78 Å². The van der Waals surface area contributed by atoms with E-state index in [0.717, 1.165) is 53.3 Å². The van der Waals surface area contributed by atoms with E-state index in [-0.39, 0.29) is 23.3 Å². The van der Waals surface area contributed by atoms with Crippen LogP contribution in [0.4, 0.5) is 15.5 Å². The molecule has 2 saturated heterocycles. The van der Waals surface area contributed by atoms with Crippen LogP contribution in [0, 0.1) is 5.41 Å². The highest BCUT2D eigenvalue weighted by molar-refractivity contribution is 7.19. The zero-order chi connectivity index (χ0) is 30.4. The molecule has 4 heterocycles. The van der Waals surface area contributed by atoms with Crippen LogP contribution in [0.2, 0.25) is 0 Å². The number of ether oxygens (including phenoxy) is 2. The summed E-state index contributed by atoms with van der Waals surface area (Å²) in [6.45, 7) is 14.4. The molecule has 2 aromatic heterocycles. The maximum absolute atomic E-state index is 13.3. The molecule has 1 atom stereocenters. The molecule has 8 nitrogen and oxygen atoms in total. The minimum absolute atomic E-state index is 0.0721. The number of benzene rings is 1. The van der Waals surface area contributed by atoms with Crippen LogP contribution in [0.15, 0.2) is 42.6 Å². The van der Waals surface area contributed by atoms with E-state index in [1.807, 2.05) is 33.0 Å². The number of amides is 1. The number of nitrogens with zero attached hydrogens (tertiary/aromatic N) is 3. The summed E-state index contributed by atoms with van der Waals surface area (Å²) < 4.78 is 11.2. The van der Waals surface area contributed by atoms with Gasteiger partial charge in [0, 0.05) is 61.7 Å². The zero-order valence-electron chi connectivity index (χ0n) is 25.9. The first kappa shape index (κ1) is 29.6. The number of likely N-dealkylation sites (tertiary alicyclic amines) is 1. The Morgan fingerprint density at radius 1 is 1.09 bits per heavy atom. The SMILES string of the molecule is CC1(C)CC(=O)c2sc(N3CCOCC3)c(-c3ccnc(-c4cccc(N[C@@H]5CCN(C(=O)OC(C)(C)C)C5)c4)c3)c2C1. The Morgan fingerprint density at radius 3 is 2.65 bits per heavy atom. The van der Waals surface area contributed by atoms with Gasteiger partial charge < -0.3 is 24.6 Å². The number of nitrogens with one attached hydrogen (secondary N) is 1. The molecule has 0 saturated carbocycles. The summed E-state index contributed by atoms with van der Waals surface area (Å²) in [5.41, 5.74) is 5.77. The number of thiophene rings is 1. The van der Waals surface area contributed by atoms with Gasteiger partial charge in [-0.25, -0.2) is 4.79 Å². The molecule has 0 radical (unpaired) electrons. The van der Waals surface area contributed by atoms with Gasteiger partial charge in [0.15, 0.2) is 5.78 Å². The molecule has 3 aromatic rings. The first-order chi connectivity index (χ1) is 20.5. The molecule has 9 heteroatoms. The lowest BCUT2D eigenvalue weighted by Gasteiger charge is -2.30. The molecular formula is C34H42N4O4S. The second-order valence-electron chi connectivity index (χ2n) is 13.7. The lowest BCUT2D eigenvalue weighted by Crippen LogP contribution is -2.36. The smallest absolute Gasteiger partial charge is 0.410 e. The van der Waals surface area contributed by atoms with Crippen LogP contribution < -0.4 is 10.2 Å². The molecular weight excluding hydrogens is 560 g/mol. The van der Waals surface area contributed by atoms with E-state index in [9.17, 15) is 9.59 Å². The van der Waals surface area contributed by atoms with Gasteiger partial charge in [-0.15, -0.1) is 11.3 Å². The third-order valence-electron chi connectivity index (χ3n) is 8.25. The second-order valence-corrected chi connectivity index (χ2v) is 14.7. The highest BCUT2D eigenvalue weighted by Gasteiger charge is 2.37. The van der Waals surface area contributed by atoms with Gasteiger partial charge in [-0.2, -0.15) is 0 Å². The molecule has 1 aromatic carbocycles. The third kappa shape index (κ3) is 6.58. The van der Waals surface area contributed by atoms with Gasteiger partial charge in [-0.1, -0.05) is 26.0 Å². The largest absolute Gasteiger partial charge is 0.444 e. The fraction of sp³-hybridized carbons (Fsp3) is 0.500. The lowest BCUT2D eigenvalue weighted by molar-refractivity contribution is 0.0293. The van der Waals surface area contributed by atoms with Crippen molar-refractivity contribution < 1.29 is 19.1 Å². The molecule has 0 spiro atoms. The Hall–Kier alpha value is -3.43. The van der Waals surface area contributed by atoms with Gasteiger partial charge in [0.1, 0.15) is 5.60 Å². The number of carbonyl (C=O) groups is 2. The van der Waals surface area contributed by atoms with E-state index in [2.05, 4.69) is 54.4 Å². The zero-order valence-corrected chi connectivity index (χ0v) is 26.7. The van der Waals surface area contributed by atoms with E-state index >= 15 is 0 Å². The number of hydrogen-bond donors (Lipinski definition) is 1. The highest BCUT2D eigenvalue weighted by Crippen LogP contribution is 2.49. The first-order valence-electron chi connectivity index (χ1n) is 15.3. The average molecular weight is 603 g/mol. The first-order valence-corrected chi connectivity index (χ1v) is 16.1. The molecule has 1 aliphatic carbocycles. The standard InChI is InChI=1S/C34H42N4O4S/c1-33(2,3)42-32(40)38-12-10-25(21-38)36-24-8-6-7-22(17-24)27-18-23(9-11-35-27)29-26-19-34(4,5)20-28(39)30(26)43-31(29)37-13-15-41-16-14-37/h6-9,11,17-18,25,36H,10,12-16,19-21H2,1-5H3/t25-/m1/s1. The predicted octanol–water partition coefficient (Wildman–Crippen LogP) is 6.89. The summed E-state index contributed by atoms with van der Waals surface area (Å²) in [5, 5.41) is 4.79. The number of morpholine rings is 1. The molecule has 1 amide bonds. The van der Waals surface area contributed by atoms with Crippen molar-refractivity contribution in [3.63, 3.8) is 0 Å². The maximum Gasteiger partial charge on any atom is 0.410 e. The topological polar surface area (TPSA) is 84.0 Å². The van der Waals surface area contributed by atoms with Gasteiger partial charge in [0.05, 0.1) is 28.8 Å². The highest BCUT2D eigenvalue weighted by atomic mass is 32.1. The van der Waals surface area contributed by atoms with Gasteiger partial charge >= 0.3 is 6.09 Å². The maximum atomic E-state index is 13.3. The molecule has 2 fully saturated rings. The molecule has 6 rings (SSSR count). The van der Waals surface area contributed by atoms with Gasteiger partial charge in [-0.05, 0) is 74.4 Å². The molecule has 1 N–H and O–H groups in total. The van der Waals surface area contributed by atoms with E-state index in [4.69, 9.17) is 14.5 Å². The quantitative estimate of drug-likeness (QED) is 0.340. The fourth-order valence-electron chi connectivity index (χ4n) is 6.31. The molecule has 43 heavy (non-hydrogen) atoms. The van der Waals surface area contributed by atoms with Crippen molar-refractivity contribution in [3.05, 3.63) is 53.0 Å². The number of aromatic nitrogens is 1. The monoisotopic (exact) mass is 602 g/mol. The van der Waals surface area contributed by atoms with Crippen LogP contribution in [-0.2, 0) is 15.9 Å². The Balaban J connectivity index is 1.27. The predicted molar refractivity (Wildman–Crippen MR) is 172 cm³/mol. The Kier molecular flexibility index (Phi) is 7.98. The van der Waals surface area contributed by atoms with Crippen LogP contribution in [0.25, 0.3) is 22.4 Å². The van der Waals surface area contributed by atoms with Crippen molar-refractivity contribution >= 4 is 33.9 Å². The summed E-state index contributed by atoms with van der Waals surface area (Å²) in [6.07, 6.45) is 3.94. The number of anilines is 2. The number of Topliss-reactive ketones (excluding diaryl/α,β-unsaturated/α-hetero) is 1.